The molecule has 1 unspecified atom stereocenters. The van der Waals surface area contributed by atoms with Crippen molar-refractivity contribution < 1.29 is 17.9 Å². The summed E-state index contributed by atoms with van der Waals surface area (Å²) in [7, 11) is -3.74. The molecule has 0 saturated heterocycles. The third-order valence-corrected chi connectivity index (χ3v) is 6.09. The topological polar surface area (TPSA) is 90.7 Å². The van der Waals surface area contributed by atoms with Crippen molar-refractivity contribution in [2.45, 2.75) is 30.2 Å². The van der Waals surface area contributed by atoms with Crippen LogP contribution < -0.4 is 19.9 Å². The Morgan fingerprint density at radius 3 is 2.84 bits per heavy atom. The lowest BCUT2D eigenvalue weighted by molar-refractivity contribution is 0.167. The lowest BCUT2D eigenvalue weighted by Gasteiger charge is -2.27. The molecule has 1 heterocycles. The standard InChI is InChI=1S/C18H20N2O4S/c19-13-7-8-14-12(11-13)3-1-4-15(14)20-25(21,22)17-6-2-5-16-18(17)24-10-9-23-16/h2,5-8,11,15,20H,1,3-4,9-10,19H2. The first-order valence-corrected chi connectivity index (χ1v) is 9.82. The number of anilines is 1. The molecule has 2 aromatic rings. The molecular formula is C18H20N2O4S. The van der Waals surface area contributed by atoms with Gasteiger partial charge < -0.3 is 15.2 Å². The van der Waals surface area contributed by atoms with E-state index in [4.69, 9.17) is 15.2 Å². The molecule has 0 fully saturated rings. The normalized spacial score (nSPS) is 19.3. The average Bonchev–Trinajstić information content (AvgIpc) is 2.61. The molecule has 0 amide bonds. The van der Waals surface area contributed by atoms with Gasteiger partial charge in [-0.3, -0.25) is 0 Å². The van der Waals surface area contributed by atoms with Crippen molar-refractivity contribution in [3.8, 4) is 11.5 Å². The second-order valence-electron chi connectivity index (χ2n) is 6.30. The fraction of sp³-hybridized carbons (Fsp3) is 0.333. The van der Waals surface area contributed by atoms with Crippen LogP contribution in [0, 0.1) is 0 Å². The molecule has 0 aromatic heterocycles. The molecule has 1 aliphatic carbocycles. The SMILES string of the molecule is Nc1ccc2c(c1)CCCC2NS(=O)(=O)c1cccc2c1OCCO2. The Labute approximate surface area is 147 Å². The van der Waals surface area contributed by atoms with Crippen molar-refractivity contribution in [2.24, 2.45) is 0 Å². The second kappa shape index (κ2) is 6.24. The summed E-state index contributed by atoms with van der Waals surface area (Å²) in [5, 5.41) is 0. The first kappa shape index (κ1) is 16.2. The molecule has 2 aromatic carbocycles. The lowest BCUT2D eigenvalue weighted by Crippen LogP contribution is -2.32. The fourth-order valence-corrected chi connectivity index (χ4v) is 4.87. The van der Waals surface area contributed by atoms with Crippen LogP contribution in [0.1, 0.15) is 30.0 Å². The predicted octanol–water partition coefficient (Wildman–Crippen LogP) is 2.40. The predicted molar refractivity (Wildman–Crippen MR) is 94.3 cm³/mol. The molecule has 1 atom stereocenters. The second-order valence-corrected chi connectivity index (χ2v) is 7.99. The number of nitrogen functional groups attached to an aromatic ring is 1. The van der Waals surface area contributed by atoms with Crippen molar-refractivity contribution >= 4 is 15.7 Å². The van der Waals surface area contributed by atoms with Crippen molar-refractivity contribution in [2.75, 3.05) is 18.9 Å². The van der Waals surface area contributed by atoms with E-state index in [0.717, 1.165) is 30.4 Å². The Morgan fingerprint density at radius 1 is 1.12 bits per heavy atom. The molecule has 0 spiro atoms. The Kier molecular flexibility index (Phi) is 4.05. The van der Waals surface area contributed by atoms with Crippen LogP contribution in [0.3, 0.4) is 0 Å². The van der Waals surface area contributed by atoms with Crippen LogP contribution in [0.5, 0.6) is 11.5 Å². The van der Waals surface area contributed by atoms with Crippen LogP contribution in [0.25, 0.3) is 0 Å². The monoisotopic (exact) mass is 360 g/mol. The molecule has 0 saturated carbocycles. The van der Waals surface area contributed by atoms with Gasteiger partial charge in [0.25, 0.3) is 0 Å². The smallest absolute Gasteiger partial charge is 0.244 e. The van der Waals surface area contributed by atoms with E-state index in [2.05, 4.69) is 4.72 Å². The highest BCUT2D eigenvalue weighted by Gasteiger charge is 2.30. The highest BCUT2D eigenvalue weighted by Crippen LogP contribution is 2.38. The van der Waals surface area contributed by atoms with Crippen LogP contribution >= 0.6 is 0 Å². The Bertz CT molecular complexity index is 911. The van der Waals surface area contributed by atoms with Gasteiger partial charge in [-0.25, -0.2) is 13.1 Å². The van der Waals surface area contributed by atoms with Gasteiger partial charge in [-0.05, 0) is 54.7 Å². The minimum atomic E-state index is -3.74. The molecule has 3 N–H and O–H groups in total. The number of aryl methyl sites for hydroxylation is 1. The number of nitrogens with one attached hydrogen (secondary N) is 1. The first-order valence-electron chi connectivity index (χ1n) is 8.34. The Balaban J connectivity index is 1.68. The van der Waals surface area contributed by atoms with Gasteiger partial charge in [0.1, 0.15) is 18.1 Å². The Morgan fingerprint density at radius 2 is 1.96 bits per heavy atom. The maximum absolute atomic E-state index is 13.0. The number of hydrogen-bond donors (Lipinski definition) is 2. The number of benzene rings is 2. The van der Waals surface area contributed by atoms with E-state index in [0.29, 0.717) is 24.7 Å². The van der Waals surface area contributed by atoms with Gasteiger partial charge in [-0.2, -0.15) is 0 Å². The van der Waals surface area contributed by atoms with Gasteiger partial charge in [0, 0.05) is 11.7 Å². The summed E-state index contributed by atoms with van der Waals surface area (Å²) in [6.45, 7) is 0.756. The zero-order valence-electron chi connectivity index (χ0n) is 13.7. The number of fused-ring (bicyclic) bond motifs is 2. The zero-order valence-corrected chi connectivity index (χ0v) is 14.5. The van der Waals surface area contributed by atoms with Crippen LogP contribution in [0.2, 0.25) is 0 Å². The van der Waals surface area contributed by atoms with E-state index >= 15 is 0 Å². The van der Waals surface area contributed by atoms with Crippen molar-refractivity contribution in [1.29, 1.82) is 0 Å². The zero-order chi connectivity index (χ0) is 17.4. The van der Waals surface area contributed by atoms with Gasteiger partial charge >= 0.3 is 0 Å². The number of rotatable bonds is 3. The minimum Gasteiger partial charge on any atom is -0.486 e. The van der Waals surface area contributed by atoms with E-state index in [1.165, 1.54) is 0 Å². The third kappa shape index (κ3) is 3.05. The summed E-state index contributed by atoms with van der Waals surface area (Å²) in [6.07, 6.45) is 2.58. The molecule has 0 radical (unpaired) electrons. The van der Waals surface area contributed by atoms with Crippen LogP contribution in [0.4, 0.5) is 5.69 Å². The molecule has 2 aliphatic rings. The average molecular weight is 360 g/mol. The molecule has 4 rings (SSSR count). The summed E-state index contributed by atoms with van der Waals surface area (Å²) >= 11 is 0. The van der Waals surface area contributed by atoms with Gasteiger partial charge in [0.2, 0.25) is 10.0 Å². The van der Waals surface area contributed by atoms with Crippen molar-refractivity contribution in [3.05, 3.63) is 47.5 Å². The van der Waals surface area contributed by atoms with Crippen LogP contribution in [-0.4, -0.2) is 21.6 Å². The summed E-state index contributed by atoms with van der Waals surface area (Å²) < 4.78 is 39.8. The highest BCUT2D eigenvalue weighted by atomic mass is 32.2. The van der Waals surface area contributed by atoms with Gasteiger partial charge in [-0.1, -0.05) is 12.1 Å². The number of nitrogens with two attached hydrogens (primary N) is 1. The maximum Gasteiger partial charge on any atom is 0.244 e. The molecule has 132 valence electrons. The number of ether oxygens (including phenoxy) is 2. The molecule has 6 nitrogen and oxygen atoms in total. The third-order valence-electron chi connectivity index (χ3n) is 4.60. The van der Waals surface area contributed by atoms with E-state index in [1.54, 1.807) is 18.2 Å². The summed E-state index contributed by atoms with van der Waals surface area (Å²) in [5.74, 6) is 0.750. The summed E-state index contributed by atoms with van der Waals surface area (Å²) in [6, 6.07) is 10.3. The van der Waals surface area contributed by atoms with Gasteiger partial charge in [-0.15, -0.1) is 0 Å². The minimum absolute atomic E-state index is 0.118. The summed E-state index contributed by atoms with van der Waals surface area (Å²) in [4.78, 5) is 0.118. The number of sulfonamides is 1. The maximum atomic E-state index is 13.0. The van der Waals surface area contributed by atoms with Gasteiger partial charge in [0.05, 0.1) is 0 Å². The van der Waals surface area contributed by atoms with Gasteiger partial charge in [0.15, 0.2) is 11.5 Å². The highest BCUT2D eigenvalue weighted by molar-refractivity contribution is 7.89. The molecule has 25 heavy (non-hydrogen) atoms. The Hall–Kier alpha value is -2.25. The fourth-order valence-electron chi connectivity index (χ4n) is 3.47. The molecule has 1 aliphatic heterocycles. The van der Waals surface area contributed by atoms with Crippen LogP contribution in [0.15, 0.2) is 41.3 Å². The van der Waals surface area contributed by atoms with E-state index < -0.39 is 10.0 Å². The first-order chi connectivity index (χ1) is 12.0. The van der Waals surface area contributed by atoms with Crippen LogP contribution in [-0.2, 0) is 16.4 Å². The van der Waals surface area contributed by atoms with Crippen molar-refractivity contribution in [3.63, 3.8) is 0 Å². The number of para-hydroxylation sites is 1. The quantitative estimate of drug-likeness (QED) is 0.820. The van der Waals surface area contributed by atoms with E-state index in [1.807, 2.05) is 18.2 Å². The largest absolute Gasteiger partial charge is 0.486 e. The molecule has 7 heteroatoms. The summed E-state index contributed by atoms with van der Waals surface area (Å²) in [5.41, 5.74) is 8.65. The molecule has 0 bridgehead atoms. The lowest BCUT2D eigenvalue weighted by atomic mass is 9.88. The number of hydrogen-bond acceptors (Lipinski definition) is 5. The van der Waals surface area contributed by atoms with E-state index in [-0.39, 0.29) is 16.7 Å². The molecular weight excluding hydrogens is 340 g/mol. The van der Waals surface area contributed by atoms with Crippen molar-refractivity contribution in [1.82, 2.24) is 4.72 Å². The van der Waals surface area contributed by atoms with E-state index in [9.17, 15) is 8.42 Å².